The summed E-state index contributed by atoms with van der Waals surface area (Å²) >= 11 is 1.46. The van der Waals surface area contributed by atoms with Crippen molar-refractivity contribution in [1.29, 1.82) is 0 Å². The van der Waals surface area contributed by atoms with Gasteiger partial charge in [0.15, 0.2) is 0 Å². The van der Waals surface area contributed by atoms with Crippen molar-refractivity contribution < 1.29 is 9.59 Å². The second-order valence-electron chi connectivity index (χ2n) is 7.74. The molecule has 0 saturated carbocycles. The van der Waals surface area contributed by atoms with E-state index in [-0.39, 0.29) is 23.8 Å². The molecular formula is C20H28N4O2S. The third kappa shape index (κ3) is 7.48. The van der Waals surface area contributed by atoms with Crippen LogP contribution in [-0.4, -0.2) is 40.8 Å². The van der Waals surface area contributed by atoms with Crippen LogP contribution in [0.3, 0.4) is 0 Å². The van der Waals surface area contributed by atoms with E-state index in [1.165, 1.54) is 11.3 Å². The summed E-state index contributed by atoms with van der Waals surface area (Å²) < 4.78 is 0. The molecule has 6 nitrogen and oxygen atoms in total. The number of para-hydroxylation sites is 1. The predicted octanol–water partition coefficient (Wildman–Crippen LogP) is 2.98. The zero-order valence-corrected chi connectivity index (χ0v) is 17.4. The summed E-state index contributed by atoms with van der Waals surface area (Å²) in [4.78, 5) is 30.7. The Morgan fingerprint density at radius 1 is 1.19 bits per heavy atom. The highest BCUT2D eigenvalue weighted by Gasteiger charge is 2.16. The van der Waals surface area contributed by atoms with Gasteiger partial charge in [-0.05, 0) is 46.4 Å². The van der Waals surface area contributed by atoms with E-state index >= 15 is 0 Å². The first-order valence-corrected chi connectivity index (χ1v) is 9.78. The Hall–Kier alpha value is -2.25. The first kappa shape index (κ1) is 21.1. The van der Waals surface area contributed by atoms with Gasteiger partial charge < -0.3 is 10.6 Å². The molecule has 146 valence electrons. The number of nitrogens with one attached hydrogen (secondary N) is 2. The number of nitrogens with zero attached hydrogens (tertiary/aromatic N) is 2. The van der Waals surface area contributed by atoms with E-state index in [9.17, 15) is 9.59 Å². The van der Waals surface area contributed by atoms with E-state index in [1.807, 2.05) is 69.3 Å². The lowest BCUT2D eigenvalue weighted by Gasteiger charge is -2.23. The summed E-state index contributed by atoms with van der Waals surface area (Å²) in [5.74, 6) is -0.0961. The van der Waals surface area contributed by atoms with E-state index in [1.54, 1.807) is 0 Å². The van der Waals surface area contributed by atoms with Crippen LogP contribution in [0.25, 0.3) is 0 Å². The topological polar surface area (TPSA) is 74.3 Å². The summed E-state index contributed by atoms with van der Waals surface area (Å²) in [6, 6.07) is 7.69. The Bertz CT molecular complexity index is 795. The van der Waals surface area contributed by atoms with Crippen LogP contribution in [-0.2, 0) is 22.6 Å². The molecule has 2 aromatic rings. The van der Waals surface area contributed by atoms with E-state index in [2.05, 4.69) is 15.6 Å². The van der Waals surface area contributed by atoms with Crippen molar-refractivity contribution in [3.8, 4) is 0 Å². The number of hydrogen-bond acceptors (Lipinski definition) is 5. The van der Waals surface area contributed by atoms with Gasteiger partial charge in [-0.25, -0.2) is 4.98 Å². The van der Waals surface area contributed by atoms with Crippen LogP contribution in [0.2, 0.25) is 0 Å². The molecule has 0 radical (unpaired) electrons. The number of aryl methyl sites for hydroxylation is 1. The van der Waals surface area contributed by atoms with Crippen LogP contribution in [0.15, 0.2) is 29.6 Å². The fraction of sp³-hybridized carbons (Fsp3) is 0.450. The molecule has 1 heterocycles. The third-order valence-corrected chi connectivity index (χ3v) is 4.59. The number of amides is 2. The summed E-state index contributed by atoms with van der Waals surface area (Å²) in [5.41, 5.74) is 2.48. The molecule has 0 aliphatic carbocycles. The maximum absolute atomic E-state index is 12.2. The molecule has 2 amide bonds. The molecule has 0 fully saturated rings. The molecule has 2 N–H and O–H groups in total. The molecule has 0 saturated heterocycles. The summed E-state index contributed by atoms with van der Waals surface area (Å²) in [6.07, 6.45) is 0.243. The molecule has 1 aromatic carbocycles. The quantitative estimate of drug-likeness (QED) is 0.765. The molecule has 0 bridgehead atoms. The van der Waals surface area contributed by atoms with Crippen LogP contribution >= 0.6 is 11.3 Å². The van der Waals surface area contributed by atoms with Gasteiger partial charge in [-0.1, -0.05) is 18.2 Å². The molecule has 1 aromatic heterocycles. The Morgan fingerprint density at radius 3 is 2.56 bits per heavy atom. The second-order valence-corrected chi connectivity index (χ2v) is 8.69. The highest BCUT2D eigenvalue weighted by molar-refractivity contribution is 7.09. The van der Waals surface area contributed by atoms with Crippen molar-refractivity contribution >= 4 is 28.8 Å². The van der Waals surface area contributed by atoms with E-state index in [4.69, 9.17) is 0 Å². The standard InChI is InChI=1S/C20H28N4O2S/c1-14-8-6-7-9-16(14)22-17(25)10-19-21-15(13-27-19)11-24(5)12-18(26)23-20(2,3)4/h6-9,13H,10-12H2,1-5H3,(H,22,25)(H,23,26). The van der Waals surface area contributed by atoms with Gasteiger partial charge in [-0.2, -0.15) is 0 Å². The summed E-state index contributed by atoms with van der Waals surface area (Å²) in [7, 11) is 1.88. The summed E-state index contributed by atoms with van der Waals surface area (Å²) in [5, 5.41) is 8.57. The van der Waals surface area contributed by atoms with Crippen LogP contribution in [0.4, 0.5) is 5.69 Å². The normalized spacial score (nSPS) is 11.5. The number of anilines is 1. The van der Waals surface area contributed by atoms with Gasteiger partial charge in [0.25, 0.3) is 0 Å². The number of rotatable bonds is 7. The Labute approximate surface area is 165 Å². The number of thiazole rings is 1. The van der Waals surface area contributed by atoms with Gasteiger partial charge in [0.1, 0.15) is 5.01 Å². The molecule has 0 spiro atoms. The smallest absolute Gasteiger partial charge is 0.234 e. The number of benzene rings is 1. The number of aromatic nitrogens is 1. The van der Waals surface area contributed by atoms with Gasteiger partial charge in [-0.3, -0.25) is 14.5 Å². The van der Waals surface area contributed by atoms with E-state index in [0.717, 1.165) is 22.0 Å². The van der Waals surface area contributed by atoms with Gasteiger partial charge in [0.05, 0.1) is 18.7 Å². The Balaban J connectivity index is 1.84. The zero-order chi connectivity index (χ0) is 20.0. The summed E-state index contributed by atoms with van der Waals surface area (Å²) in [6.45, 7) is 8.70. The minimum Gasteiger partial charge on any atom is -0.350 e. The first-order valence-electron chi connectivity index (χ1n) is 8.91. The largest absolute Gasteiger partial charge is 0.350 e. The molecule has 0 aliphatic heterocycles. The van der Waals surface area contributed by atoms with Gasteiger partial charge in [0.2, 0.25) is 11.8 Å². The van der Waals surface area contributed by atoms with Crippen molar-refractivity contribution in [2.24, 2.45) is 0 Å². The third-order valence-electron chi connectivity index (χ3n) is 3.69. The van der Waals surface area contributed by atoms with Crippen molar-refractivity contribution in [3.05, 3.63) is 45.9 Å². The lowest BCUT2D eigenvalue weighted by atomic mass is 10.1. The first-order chi connectivity index (χ1) is 12.6. The lowest BCUT2D eigenvalue weighted by molar-refractivity contribution is -0.123. The Morgan fingerprint density at radius 2 is 1.89 bits per heavy atom. The number of hydrogen-bond donors (Lipinski definition) is 2. The van der Waals surface area contributed by atoms with Gasteiger partial charge in [0, 0.05) is 23.2 Å². The number of carbonyl (C=O) groups excluding carboxylic acids is 2. The minimum absolute atomic E-state index is 0.0157. The number of carbonyl (C=O) groups is 2. The Kier molecular flexibility index (Phi) is 7.10. The van der Waals surface area contributed by atoms with Crippen molar-refractivity contribution in [1.82, 2.24) is 15.2 Å². The van der Waals surface area contributed by atoms with Crippen LogP contribution < -0.4 is 10.6 Å². The average molecular weight is 389 g/mol. The maximum Gasteiger partial charge on any atom is 0.234 e. The van der Waals surface area contributed by atoms with E-state index in [0.29, 0.717) is 13.1 Å². The molecule has 7 heteroatoms. The molecule has 2 rings (SSSR count). The molecule has 0 atom stereocenters. The van der Waals surface area contributed by atoms with Gasteiger partial charge >= 0.3 is 0 Å². The fourth-order valence-electron chi connectivity index (χ4n) is 2.58. The van der Waals surface area contributed by atoms with Crippen LogP contribution in [0.5, 0.6) is 0 Å². The molecular weight excluding hydrogens is 360 g/mol. The van der Waals surface area contributed by atoms with Crippen molar-refractivity contribution in [2.75, 3.05) is 18.9 Å². The van der Waals surface area contributed by atoms with Crippen LogP contribution in [0, 0.1) is 6.92 Å². The monoisotopic (exact) mass is 388 g/mol. The average Bonchev–Trinajstić information content (AvgIpc) is 2.94. The fourth-order valence-corrected chi connectivity index (χ4v) is 3.37. The van der Waals surface area contributed by atoms with Crippen molar-refractivity contribution in [2.45, 2.75) is 46.2 Å². The lowest BCUT2D eigenvalue weighted by Crippen LogP contribution is -2.45. The maximum atomic E-state index is 12.2. The molecule has 0 aliphatic rings. The molecule has 0 unspecified atom stereocenters. The highest BCUT2D eigenvalue weighted by Crippen LogP contribution is 2.16. The van der Waals surface area contributed by atoms with E-state index < -0.39 is 0 Å². The number of likely N-dealkylation sites (N-methyl/N-ethyl adjacent to an activating group) is 1. The molecule has 27 heavy (non-hydrogen) atoms. The van der Waals surface area contributed by atoms with Crippen molar-refractivity contribution in [3.63, 3.8) is 0 Å². The zero-order valence-electron chi connectivity index (χ0n) is 16.6. The second kappa shape index (κ2) is 9.10. The van der Waals surface area contributed by atoms with Crippen LogP contribution in [0.1, 0.15) is 37.0 Å². The SMILES string of the molecule is Cc1ccccc1NC(=O)Cc1nc(CN(C)CC(=O)NC(C)(C)C)cs1. The predicted molar refractivity (Wildman–Crippen MR) is 110 cm³/mol. The van der Waals surface area contributed by atoms with Gasteiger partial charge in [-0.15, -0.1) is 11.3 Å². The highest BCUT2D eigenvalue weighted by atomic mass is 32.1. The minimum atomic E-state index is -0.240.